The molecule has 8 aromatic rings. The van der Waals surface area contributed by atoms with E-state index in [1.165, 1.54) is 117 Å². The summed E-state index contributed by atoms with van der Waals surface area (Å²) in [5.41, 5.74) is 11.2. The molecule has 0 saturated carbocycles. The van der Waals surface area contributed by atoms with Gasteiger partial charge in [0.15, 0.2) is 0 Å². The van der Waals surface area contributed by atoms with Crippen molar-refractivity contribution in [3.63, 3.8) is 0 Å². The number of ether oxygens (including phenoxy) is 1. The van der Waals surface area contributed by atoms with E-state index in [4.69, 9.17) is 4.74 Å². The average Bonchev–Trinajstić information content (AvgIpc) is 3.68. The van der Waals surface area contributed by atoms with Crippen molar-refractivity contribution < 1.29 is 4.74 Å². The van der Waals surface area contributed by atoms with Gasteiger partial charge in [0.1, 0.15) is 0 Å². The molecule has 0 bridgehead atoms. The van der Waals surface area contributed by atoms with Gasteiger partial charge in [0, 0.05) is 46.1 Å². The van der Waals surface area contributed by atoms with E-state index in [9.17, 15) is 0 Å². The van der Waals surface area contributed by atoms with Crippen LogP contribution in [0.25, 0.3) is 66.1 Å². The van der Waals surface area contributed by atoms with Crippen LogP contribution in [0.3, 0.4) is 0 Å². The average molecular weight is 655 g/mol. The van der Waals surface area contributed by atoms with Crippen molar-refractivity contribution in [2.24, 2.45) is 0 Å². The third-order valence-electron chi connectivity index (χ3n) is 10.3. The molecular formula is C47H46N2O. The molecule has 0 aliphatic carbocycles. The summed E-state index contributed by atoms with van der Waals surface area (Å²) in [5, 5.41) is 5.22. The Morgan fingerprint density at radius 2 is 0.880 bits per heavy atom. The van der Waals surface area contributed by atoms with Crippen molar-refractivity contribution in [3.8, 4) is 22.5 Å². The van der Waals surface area contributed by atoms with Gasteiger partial charge in [-0.25, -0.2) is 0 Å². The highest BCUT2D eigenvalue weighted by Crippen LogP contribution is 2.35. The Bertz CT molecular complexity index is 2310. The molecule has 0 N–H and O–H groups in total. The standard InChI is InChI=1S/C47H46N2O/c1-2-3-13-32-50-33-14-5-4-6-15-35-22-31-47-43(34-35)42-18-9-12-21-46(42)49(47)39-29-25-37(26-30-39)36-23-27-38(28-24-36)48-44-19-10-7-16-40(44)41-17-8-11-20-45(41)48/h7-12,16-31,34H,2-6,13-15,32-33H2,1H3. The Morgan fingerprint density at radius 3 is 1.42 bits per heavy atom. The van der Waals surface area contributed by atoms with E-state index in [1.807, 2.05) is 0 Å². The van der Waals surface area contributed by atoms with Crippen LogP contribution >= 0.6 is 0 Å². The van der Waals surface area contributed by atoms with Crippen molar-refractivity contribution >= 4 is 43.6 Å². The minimum atomic E-state index is 0.909. The minimum Gasteiger partial charge on any atom is -0.381 e. The van der Waals surface area contributed by atoms with Gasteiger partial charge in [-0.3, -0.25) is 0 Å². The van der Waals surface area contributed by atoms with Crippen LogP contribution in [0.2, 0.25) is 0 Å². The molecule has 0 amide bonds. The van der Waals surface area contributed by atoms with Gasteiger partial charge in [-0.15, -0.1) is 0 Å². The van der Waals surface area contributed by atoms with Crippen molar-refractivity contribution in [1.82, 2.24) is 9.13 Å². The van der Waals surface area contributed by atoms with Gasteiger partial charge in [0.25, 0.3) is 0 Å². The number of hydrogen-bond acceptors (Lipinski definition) is 1. The van der Waals surface area contributed by atoms with Gasteiger partial charge in [-0.05, 0) is 97.0 Å². The number of aryl methyl sites for hydroxylation is 1. The van der Waals surface area contributed by atoms with Crippen LogP contribution in [-0.2, 0) is 11.2 Å². The Labute approximate surface area is 295 Å². The summed E-state index contributed by atoms with van der Waals surface area (Å²) in [5.74, 6) is 0. The van der Waals surface area contributed by atoms with E-state index < -0.39 is 0 Å². The van der Waals surface area contributed by atoms with E-state index in [-0.39, 0.29) is 0 Å². The highest BCUT2D eigenvalue weighted by Gasteiger charge is 2.14. The molecule has 8 rings (SSSR count). The molecule has 0 unspecified atom stereocenters. The first kappa shape index (κ1) is 32.1. The first-order valence-electron chi connectivity index (χ1n) is 18.6. The molecule has 0 saturated heterocycles. The number of unbranched alkanes of at least 4 members (excludes halogenated alkanes) is 5. The number of benzene rings is 6. The van der Waals surface area contributed by atoms with Gasteiger partial charge >= 0.3 is 0 Å². The van der Waals surface area contributed by atoms with Crippen LogP contribution in [0.15, 0.2) is 140 Å². The van der Waals surface area contributed by atoms with Gasteiger partial charge < -0.3 is 13.9 Å². The van der Waals surface area contributed by atoms with Crippen molar-refractivity contribution in [1.29, 1.82) is 0 Å². The zero-order chi connectivity index (χ0) is 33.7. The zero-order valence-corrected chi connectivity index (χ0v) is 29.2. The Balaban J connectivity index is 0.994. The molecule has 3 heteroatoms. The predicted molar refractivity (Wildman–Crippen MR) is 213 cm³/mol. The lowest BCUT2D eigenvalue weighted by molar-refractivity contribution is 0.126. The second kappa shape index (κ2) is 14.8. The van der Waals surface area contributed by atoms with E-state index in [2.05, 4.69) is 156 Å². The van der Waals surface area contributed by atoms with E-state index in [0.717, 1.165) is 19.6 Å². The lowest BCUT2D eigenvalue weighted by Gasteiger charge is -2.11. The molecule has 0 radical (unpaired) electrons. The molecule has 0 fully saturated rings. The van der Waals surface area contributed by atoms with Crippen molar-refractivity contribution in [2.45, 2.75) is 58.3 Å². The highest BCUT2D eigenvalue weighted by atomic mass is 16.5. The minimum absolute atomic E-state index is 0.909. The number of fused-ring (bicyclic) bond motifs is 6. The van der Waals surface area contributed by atoms with Crippen LogP contribution in [0.4, 0.5) is 0 Å². The number of para-hydroxylation sites is 3. The van der Waals surface area contributed by atoms with Crippen LogP contribution in [-0.4, -0.2) is 22.3 Å². The number of nitrogens with zero attached hydrogens (tertiary/aromatic N) is 2. The maximum Gasteiger partial charge on any atom is 0.0541 e. The fourth-order valence-corrected chi connectivity index (χ4v) is 7.70. The molecule has 2 aromatic heterocycles. The smallest absolute Gasteiger partial charge is 0.0541 e. The normalized spacial score (nSPS) is 11.8. The van der Waals surface area contributed by atoms with Gasteiger partial charge in [-0.2, -0.15) is 0 Å². The number of aromatic nitrogens is 2. The van der Waals surface area contributed by atoms with Crippen LogP contribution in [0.1, 0.15) is 57.4 Å². The third-order valence-corrected chi connectivity index (χ3v) is 10.3. The van der Waals surface area contributed by atoms with E-state index >= 15 is 0 Å². The van der Waals surface area contributed by atoms with Crippen LogP contribution in [0.5, 0.6) is 0 Å². The summed E-state index contributed by atoms with van der Waals surface area (Å²) in [6.07, 6.45) is 9.75. The van der Waals surface area contributed by atoms with Gasteiger partial charge in [0.05, 0.1) is 22.1 Å². The second-order valence-electron chi connectivity index (χ2n) is 13.7. The first-order chi connectivity index (χ1) is 24.8. The predicted octanol–water partition coefficient (Wildman–Crippen LogP) is 12.9. The molecule has 2 heterocycles. The van der Waals surface area contributed by atoms with E-state index in [1.54, 1.807) is 0 Å². The summed E-state index contributed by atoms with van der Waals surface area (Å²) in [6.45, 7) is 4.07. The number of hydrogen-bond donors (Lipinski definition) is 0. The first-order valence-corrected chi connectivity index (χ1v) is 18.6. The topological polar surface area (TPSA) is 19.1 Å². The molecule has 250 valence electrons. The third kappa shape index (κ3) is 6.34. The molecule has 3 nitrogen and oxygen atoms in total. The summed E-state index contributed by atoms with van der Waals surface area (Å²) in [7, 11) is 0. The van der Waals surface area contributed by atoms with Crippen molar-refractivity contribution in [3.05, 3.63) is 145 Å². The maximum absolute atomic E-state index is 5.79. The quantitative estimate of drug-likeness (QED) is 0.107. The van der Waals surface area contributed by atoms with Crippen LogP contribution < -0.4 is 0 Å². The lowest BCUT2D eigenvalue weighted by Crippen LogP contribution is -1.97. The number of rotatable bonds is 14. The van der Waals surface area contributed by atoms with Gasteiger partial charge in [-0.1, -0.05) is 118 Å². The highest BCUT2D eigenvalue weighted by molar-refractivity contribution is 6.10. The summed E-state index contributed by atoms with van der Waals surface area (Å²) >= 11 is 0. The fraction of sp³-hybridized carbons (Fsp3) is 0.234. The monoisotopic (exact) mass is 654 g/mol. The van der Waals surface area contributed by atoms with Crippen molar-refractivity contribution in [2.75, 3.05) is 13.2 Å². The van der Waals surface area contributed by atoms with Gasteiger partial charge in [0.2, 0.25) is 0 Å². The maximum atomic E-state index is 5.79. The molecule has 50 heavy (non-hydrogen) atoms. The summed E-state index contributed by atoms with van der Waals surface area (Å²) < 4.78 is 10.6. The SMILES string of the molecule is CCCCCOCCCCCCc1ccc2c(c1)c1ccccc1n2-c1ccc(-c2ccc(-n3c4ccccc4c4ccccc43)cc2)cc1. The fourth-order valence-electron chi connectivity index (χ4n) is 7.70. The Kier molecular flexibility index (Phi) is 9.49. The molecule has 0 aliphatic rings. The Morgan fingerprint density at radius 1 is 0.420 bits per heavy atom. The van der Waals surface area contributed by atoms with E-state index in [0.29, 0.717) is 0 Å². The largest absolute Gasteiger partial charge is 0.381 e. The lowest BCUT2D eigenvalue weighted by atomic mass is 10.0. The summed E-state index contributed by atoms with van der Waals surface area (Å²) in [4.78, 5) is 0. The second-order valence-corrected chi connectivity index (χ2v) is 13.7. The molecule has 0 aliphatic heterocycles. The molecule has 0 atom stereocenters. The molecule has 0 spiro atoms. The zero-order valence-electron chi connectivity index (χ0n) is 29.2. The Hall–Kier alpha value is -5.12. The van der Waals surface area contributed by atoms with Crippen LogP contribution in [0, 0.1) is 0 Å². The molecular weight excluding hydrogens is 609 g/mol. The molecule has 6 aromatic carbocycles. The summed E-state index contributed by atoms with van der Waals surface area (Å²) in [6, 6.07) is 51.3.